The molecular formula is C22H28O8. The summed E-state index contributed by atoms with van der Waals surface area (Å²) in [7, 11) is 0. The highest BCUT2D eigenvalue weighted by molar-refractivity contribution is 5.98. The van der Waals surface area contributed by atoms with Crippen molar-refractivity contribution < 1.29 is 38.5 Å². The Bertz CT molecular complexity index is 819. The lowest BCUT2D eigenvalue weighted by molar-refractivity contribution is -0.194. The second-order valence-corrected chi connectivity index (χ2v) is 7.95. The first-order valence-corrected chi connectivity index (χ1v) is 9.76. The highest BCUT2D eigenvalue weighted by Crippen LogP contribution is 2.40. The zero-order chi connectivity index (χ0) is 22.8. The number of allylic oxidation sites excluding steroid dienone is 2. The van der Waals surface area contributed by atoms with E-state index in [-0.39, 0.29) is 17.1 Å². The van der Waals surface area contributed by atoms with Crippen LogP contribution >= 0.6 is 0 Å². The molecule has 1 fully saturated rings. The predicted octanol–water partition coefficient (Wildman–Crippen LogP) is 1.81. The van der Waals surface area contributed by atoms with Gasteiger partial charge in [0, 0.05) is 18.1 Å². The lowest BCUT2D eigenvalue weighted by Crippen LogP contribution is -2.58. The zero-order valence-corrected chi connectivity index (χ0v) is 17.8. The first-order chi connectivity index (χ1) is 13.9. The van der Waals surface area contributed by atoms with Crippen LogP contribution in [-0.2, 0) is 33.4 Å². The largest absolute Gasteiger partial charge is 0.458 e. The minimum absolute atomic E-state index is 0.0214. The average molecular weight is 420 g/mol. The van der Waals surface area contributed by atoms with Crippen LogP contribution in [0.4, 0.5) is 0 Å². The molecular weight excluding hydrogens is 392 g/mol. The van der Waals surface area contributed by atoms with E-state index >= 15 is 0 Å². The third kappa shape index (κ3) is 4.70. The molecule has 0 amide bonds. The maximum atomic E-state index is 12.7. The van der Waals surface area contributed by atoms with Gasteiger partial charge in [-0.1, -0.05) is 25.7 Å². The Morgan fingerprint density at radius 2 is 1.93 bits per heavy atom. The number of hydrogen-bond donors (Lipinski definition) is 1. The molecule has 0 aromatic heterocycles. The van der Waals surface area contributed by atoms with E-state index in [0.717, 1.165) is 6.92 Å². The van der Waals surface area contributed by atoms with Crippen molar-refractivity contribution in [3.8, 4) is 0 Å². The molecule has 1 N–H and O–H groups in total. The van der Waals surface area contributed by atoms with Crippen molar-refractivity contribution in [2.45, 2.75) is 65.0 Å². The highest BCUT2D eigenvalue weighted by atomic mass is 16.6. The zero-order valence-electron chi connectivity index (χ0n) is 17.8. The first-order valence-electron chi connectivity index (χ1n) is 9.76. The van der Waals surface area contributed by atoms with E-state index in [1.165, 1.54) is 26.0 Å². The van der Waals surface area contributed by atoms with Crippen molar-refractivity contribution in [3.63, 3.8) is 0 Å². The van der Waals surface area contributed by atoms with Gasteiger partial charge in [-0.3, -0.25) is 9.59 Å². The SMILES string of the molecule is C=C1C(=O)O[C@@H]2C[C@@H](C)/C=C\C(=O)[C@@](C)(O)[C@H](OC(C)=O)[C@@H](OC(=O)/C(C)=C\C)[C@@H]12. The summed E-state index contributed by atoms with van der Waals surface area (Å²) in [5, 5.41) is 11.1. The molecule has 0 aromatic carbocycles. The van der Waals surface area contributed by atoms with E-state index in [4.69, 9.17) is 14.2 Å². The van der Waals surface area contributed by atoms with Crippen molar-refractivity contribution in [1.82, 2.24) is 0 Å². The molecule has 1 aliphatic heterocycles. The Kier molecular flexibility index (Phi) is 7.02. The lowest BCUT2D eigenvalue weighted by atomic mass is 9.77. The molecule has 2 aliphatic rings. The molecule has 0 saturated carbocycles. The maximum absolute atomic E-state index is 12.7. The summed E-state index contributed by atoms with van der Waals surface area (Å²) in [6.07, 6.45) is 0.930. The van der Waals surface area contributed by atoms with E-state index < -0.39 is 53.5 Å². The summed E-state index contributed by atoms with van der Waals surface area (Å²) >= 11 is 0. The van der Waals surface area contributed by atoms with Crippen molar-refractivity contribution in [2.75, 3.05) is 0 Å². The molecule has 6 atom stereocenters. The standard InChI is InChI=1S/C22H28O8/c1-7-12(3)20(25)30-18-17-13(4)21(26)29-15(17)10-11(2)8-9-16(24)22(6,27)19(18)28-14(5)23/h7-9,11,15,17-19,27H,4,10H2,1-3,5-6H3/b9-8-,12-7-/t11-,15+,17-,18-,19+,22+/m0/s1. The summed E-state index contributed by atoms with van der Waals surface area (Å²) in [4.78, 5) is 49.5. The van der Waals surface area contributed by atoms with Gasteiger partial charge >= 0.3 is 17.9 Å². The number of ether oxygens (including phenoxy) is 3. The van der Waals surface area contributed by atoms with Gasteiger partial charge in [-0.05, 0) is 39.2 Å². The molecule has 30 heavy (non-hydrogen) atoms. The molecule has 8 nitrogen and oxygen atoms in total. The Morgan fingerprint density at radius 3 is 2.50 bits per heavy atom. The van der Waals surface area contributed by atoms with E-state index in [2.05, 4.69) is 6.58 Å². The van der Waals surface area contributed by atoms with E-state index in [1.54, 1.807) is 13.0 Å². The van der Waals surface area contributed by atoms with Crippen LogP contribution in [-0.4, -0.2) is 52.7 Å². The molecule has 0 aromatic rings. The molecule has 2 rings (SSSR count). The van der Waals surface area contributed by atoms with Crippen molar-refractivity contribution in [2.24, 2.45) is 11.8 Å². The number of esters is 3. The van der Waals surface area contributed by atoms with Crippen LogP contribution in [0.1, 0.15) is 41.0 Å². The van der Waals surface area contributed by atoms with Crippen LogP contribution in [0.15, 0.2) is 36.0 Å². The van der Waals surface area contributed by atoms with Gasteiger partial charge in [-0.2, -0.15) is 0 Å². The Balaban J connectivity index is 2.68. The molecule has 1 aliphatic carbocycles. The monoisotopic (exact) mass is 420 g/mol. The van der Waals surface area contributed by atoms with Gasteiger partial charge in [0.15, 0.2) is 23.6 Å². The fourth-order valence-corrected chi connectivity index (χ4v) is 3.60. The normalized spacial score (nSPS) is 35.9. The summed E-state index contributed by atoms with van der Waals surface area (Å²) < 4.78 is 16.4. The fourth-order valence-electron chi connectivity index (χ4n) is 3.60. The molecule has 164 valence electrons. The third-order valence-corrected chi connectivity index (χ3v) is 5.50. The fraction of sp³-hybridized carbons (Fsp3) is 0.545. The van der Waals surface area contributed by atoms with E-state index in [1.807, 2.05) is 6.92 Å². The number of ketones is 1. The Labute approximate surface area is 175 Å². The number of carbonyl (C=O) groups excluding carboxylic acids is 4. The van der Waals surface area contributed by atoms with Crippen LogP contribution < -0.4 is 0 Å². The smallest absolute Gasteiger partial charge is 0.334 e. The summed E-state index contributed by atoms with van der Waals surface area (Å²) in [5.41, 5.74) is -1.95. The Morgan fingerprint density at radius 1 is 1.30 bits per heavy atom. The van der Waals surface area contributed by atoms with Crippen molar-refractivity contribution in [3.05, 3.63) is 36.0 Å². The van der Waals surface area contributed by atoms with Crippen LogP contribution in [0.3, 0.4) is 0 Å². The molecule has 0 bridgehead atoms. The van der Waals surface area contributed by atoms with Gasteiger partial charge in [-0.25, -0.2) is 9.59 Å². The molecule has 1 heterocycles. The van der Waals surface area contributed by atoms with Crippen LogP contribution in [0.5, 0.6) is 0 Å². The first kappa shape index (κ1) is 23.5. The van der Waals surface area contributed by atoms with Crippen molar-refractivity contribution >= 4 is 23.7 Å². The van der Waals surface area contributed by atoms with E-state index in [9.17, 15) is 24.3 Å². The lowest BCUT2D eigenvalue weighted by Gasteiger charge is -2.39. The summed E-state index contributed by atoms with van der Waals surface area (Å²) in [5.74, 6) is -4.03. The molecule has 0 spiro atoms. The van der Waals surface area contributed by atoms with E-state index in [0.29, 0.717) is 6.42 Å². The topological polar surface area (TPSA) is 116 Å². The van der Waals surface area contributed by atoms with Crippen LogP contribution in [0.25, 0.3) is 0 Å². The maximum Gasteiger partial charge on any atom is 0.334 e. The van der Waals surface area contributed by atoms with Gasteiger partial charge in [-0.15, -0.1) is 0 Å². The molecule has 0 unspecified atom stereocenters. The number of aliphatic hydroxyl groups is 1. The summed E-state index contributed by atoms with van der Waals surface area (Å²) in [6.45, 7) is 11.0. The minimum atomic E-state index is -2.23. The van der Waals surface area contributed by atoms with Gasteiger partial charge in [0.25, 0.3) is 0 Å². The highest BCUT2D eigenvalue weighted by Gasteiger charge is 2.55. The Hall–Kier alpha value is -2.74. The predicted molar refractivity (Wildman–Crippen MR) is 106 cm³/mol. The average Bonchev–Trinajstić information content (AvgIpc) is 2.94. The second-order valence-electron chi connectivity index (χ2n) is 7.95. The van der Waals surface area contributed by atoms with Crippen LogP contribution in [0.2, 0.25) is 0 Å². The number of hydrogen-bond acceptors (Lipinski definition) is 8. The molecule has 8 heteroatoms. The number of rotatable bonds is 3. The quantitative estimate of drug-likeness (QED) is 0.417. The summed E-state index contributed by atoms with van der Waals surface area (Å²) in [6, 6.07) is 0. The van der Waals surface area contributed by atoms with Crippen LogP contribution in [0, 0.1) is 11.8 Å². The van der Waals surface area contributed by atoms with Gasteiger partial charge in [0.2, 0.25) is 0 Å². The van der Waals surface area contributed by atoms with Gasteiger partial charge in [0.1, 0.15) is 6.10 Å². The van der Waals surface area contributed by atoms with Gasteiger partial charge < -0.3 is 19.3 Å². The minimum Gasteiger partial charge on any atom is -0.458 e. The number of carbonyl (C=O) groups is 4. The number of fused-ring (bicyclic) bond motifs is 1. The molecule has 0 radical (unpaired) electrons. The van der Waals surface area contributed by atoms with Crippen molar-refractivity contribution in [1.29, 1.82) is 0 Å². The molecule has 1 saturated heterocycles. The third-order valence-electron chi connectivity index (χ3n) is 5.50. The van der Waals surface area contributed by atoms with Gasteiger partial charge in [0.05, 0.1) is 5.92 Å². The second kappa shape index (κ2) is 8.95.